The maximum Gasteiger partial charge on any atom is 0.424 e. The van der Waals surface area contributed by atoms with E-state index in [9.17, 15) is 32.1 Å². The second-order valence-corrected chi connectivity index (χ2v) is 13.0. The second kappa shape index (κ2) is 11.8. The Bertz CT molecular complexity index is 1410. The number of amides is 2. The van der Waals surface area contributed by atoms with Crippen molar-refractivity contribution in [1.82, 2.24) is 14.7 Å². The predicted molar refractivity (Wildman–Crippen MR) is 146 cm³/mol. The Kier molecular flexibility index (Phi) is 9.39. The smallest absolute Gasteiger partial charge is 0.424 e. The normalized spacial score (nSPS) is 18.8. The number of rotatable bonds is 10. The van der Waals surface area contributed by atoms with E-state index in [1.807, 2.05) is 0 Å². The van der Waals surface area contributed by atoms with E-state index in [4.69, 9.17) is 37.4 Å². The van der Waals surface area contributed by atoms with Gasteiger partial charge >= 0.3 is 6.18 Å². The van der Waals surface area contributed by atoms with Crippen LogP contribution in [0.1, 0.15) is 49.3 Å². The molecule has 1 aromatic carbocycles. The number of primary amides is 1. The zero-order chi connectivity index (χ0) is 31.8. The Balaban J connectivity index is 1.98. The van der Waals surface area contributed by atoms with Crippen molar-refractivity contribution in [3.63, 3.8) is 0 Å². The van der Waals surface area contributed by atoms with Crippen molar-refractivity contribution in [1.29, 1.82) is 0 Å². The molecule has 17 heteroatoms. The Labute approximate surface area is 247 Å². The van der Waals surface area contributed by atoms with Crippen LogP contribution in [0.4, 0.5) is 13.2 Å². The van der Waals surface area contributed by atoms with Gasteiger partial charge in [0.05, 0.1) is 40.6 Å². The average Bonchev–Trinajstić information content (AvgIpc) is 3.21. The molecule has 0 saturated heterocycles. The third-order valence-corrected chi connectivity index (χ3v) is 8.24. The van der Waals surface area contributed by atoms with Gasteiger partial charge in [0.1, 0.15) is 6.61 Å². The summed E-state index contributed by atoms with van der Waals surface area (Å²) in [6.45, 7) is 4.54. The third-order valence-electron chi connectivity index (χ3n) is 6.24. The number of carbonyl (C=O) groups is 2. The number of nitrogens with zero attached hydrogens (tertiary/aromatic N) is 2. The minimum Gasteiger partial charge on any atom is -0.493 e. The van der Waals surface area contributed by atoms with Gasteiger partial charge in [0, 0.05) is 11.1 Å². The molecule has 3 unspecified atom stereocenters. The van der Waals surface area contributed by atoms with Crippen LogP contribution in [0.5, 0.6) is 17.2 Å². The number of halogens is 4. The summed E-state index contributed by atoms with van der Waals surface area (Å²) in [7, 11) is -0.431. The maximum absolute atomic E-state index is 14.5. The third kappa shape index (κ3) is 6.72. The lowest BCUT2D eigenvalue weighted by molar-refractivity contribution is -0.271. The quantitative estimate of drug-likeness (QED) is 0.131. The fourth-order valence-corrected chi connectivity index (χ4v) is 5.00. The molecule has 3 atom stereocenters. The second-order valence-electron chi connectivity index (χ2n) is 10.7. The van der Waals surface area contributed by atoms with Crippen LogP contribution in [0.15, 0.2) is 24.3 Å². The summed E-state index contributed by atoms with van der Waals surface area (Å²) in [6.07, 6.45) is -5.39. The monoisotopic (exact) mass is 637 g/mol. The molecule has 0 radical (unpaired) electrons. The van der Waals surface area contributed by atoms with Crippen LogP contribution in [0, 0.1) is 0 Å². The van der Waals surface area contributed by atoms with Crippen molar-refractivity contribution in [3.05, 3.63) is 46.2 Å². The minimum absolute atomic E-state index is 0.0338. The molecule has 42 heavy (non-hydrogen) atoms. The molecule has 2 heterocycles. The number of fused-ring (bicyclic) bond motifs is 1. The van der Waals surface area contributed by atoms with Crippen LogP contribution in [-0.2, 0) is 26.9 Å². The molecule has 6 N–H and O–H groups in total. The Morgan fingerprint density at radius 1 is 1.26 bits per heavy atom. The number of hydrogen-bond donors (Lipinski definition) is 4. The van der Waals surface area contributed by atoms with Crippen molar-refractivity contribution in [2.45, 2.75) is 49.8 Å². The number of aromatic nitrogens is 1. The molecule has 12 nitrogen and oxygen atoms in total. The topological polar surface area (TPSA) is 179 Å². The van der Waals surface area contributed by atoms with Crippen molar-refractivity contribution in [3.8, 4) is 17.2 Å². The van der Waals surface area contributed by atoms with Crippen LogP contribution < -0.4 is 30.5 Å². The van der Waals surface area contributed by atoms with E-state index in [2.05, 4.69) is 9.71 Å². The lowest BCUT2D eigenvalue weighted by atomic mass is 9.91. The fraction of sp³-hybridized carbons (Fsp3) is 0.480. The number of carbonyl (C=O) groups excluding carboxylic acids is 2. The molecule has 232 valence electrons. The lowest BCUT2D eigenvalue weighted by Crippen LogP contribution is -2.55. The molecule has 0 bridgehead atoms. The van der Waals surface area contributed by atoms with Gasteiger partial charge in [0.15, 0.2) is 29.0 Å². The zero-order valence-corrected chi connectivity index (χ0v) is 24.9. The van der Waals surface area contributed by atoms with Crippen LogP contribution in [0.3, 0.4) is 0 Å². The van der Waals surface area contributed by atoms with Gasteiger partial charge in [-0.3, -0.25) is 14.6 Å². The molecule has 1 aliphatic heterocycles. The van der Waals surface area contributed by atoms with Gasteiger partial charge in [-0.15, -0.1) is 0 Å². The number of alkyl halides is 3. The van der Waals surface area contributed by atoms with Crippen LogP contribution in [0.2, 0.25) is 5.15 Å². The maximum atomic E-state index is 14.5. The Hall–Kier alpha value is -3.18. The fourth-order valence-electron chi connectivity index (χ4n) is 3.87. The first-order chi connectivity index (χ1) is 19.2. The number of methoxy groups -OCH3 is 1. The average molecular weight is 638 g/mol. The van der Waals surface area contributed by atoms with E-state index in [0.717, 1.165) is 12.1 Å². The number of aliphatic hydroxyl groups is 1. The lowest BCUT2D eigenvalue weighted by Gasteiger charge is -2.34. The van der Waals surface area contributed by atoms with E-state index in [0.29, 0.717) is 0 Å². The highest BCUT2D eigenvalue weighted by molar-refractivity contribution is 7.84. The first kappa shape index (κ1) is 33.3. The Morgan fingerprint density at radius 2 is 1.90 bits per heavy atom. The predicted octanol–water partition coefficient (Wildman–Crippen LogP) is 2.03. The van der Waals surface area contributed by atoms with Gasteiger partial charge < -0.3 is 25.1 Å². The summed E-state index contributed by atoms with van der Waals surface area (Å²) in [5.41, 5.74) is -1.13. The van der Waals surface area contributed by atoms with E-state index in [1.54, 1.807) is 27.7 Å². The summed E-state index contributed by atoms with van der Waals surface area (Å²) in [5.74, 6) is 3.82. The number of nitrogens with one attached hydrogen (secondary N) is 1. The first-order valence-corrected chi connectivity index (χ1v) is 13.7. The number of benzene rings is 1. The van der Waals surface area contributed by atoms with Gasteiger partial charge in [-0.05, 0) is 52.0 Å². The highest BCUT2D eigenvalue weighted by atomic mass is 35.5. The summed E-state index contributed by atoms with van der Waals surface area (Å²) >= 11 is 6.19. The molecule has 1 aliphatic rings. The van der Waals surface area contributed by atoms with Gasteiger partial charge in [-0.25, -0.2) is 19.8 Å². The highest BCUT2D eigenvalue weighted by Crippen LogP contribution is 2.46. The summed E-state index contributed by atoms with van der Waals surface area (Å²) in [6, 6.07) is 4.46. The molecule has 3 rings (SSSR count). The molecule has 2 aromatic rings. The molecular weight excluding hydrogens is 607 g/mol. The minimum atomic E-state index is -5.39. The SMILES string of the molecule is COc1cc(C(=O)N(N)CC(O)(c2cc3c(c(Cl)n2)OCC3(C)NS(=O)C(C)(C)C)C(F)(F)F)ccc1OCC(N)=O. The van der Waals surface area contributed by atoms with Crippen LogP contribution in [0.25, 0.3) is 0 Å². The van der Waals surface area contributed by atoms with Crippen molar-refractivity contribution >= 4 is 34.4 Å². The van der Waals surface area contributed by atoms with Gasteiger partial charge in [0.25, 0.3) is 11.8 Å². The van der Waals surface area contributed by atoms with E-state index in [-0.39, 0.29) is 40.0 Å². The van der Waals surface area contributed by atoms with Crippen molar-refractivity contribution in [2.75, 3.05) is 26.9 Å². The number of hydrazine groups is 1. The molecule has 2 amide bonds. The van der Waals surface area contributed by atoms with Crippen LogP contribution >= 0.6 is 11.6 Å². The van der Waals surface area contributed by atoms with Crippen molar-refractivity contribution < 1.29 is 46.3 Å². The number of hydrogen-bond acceptors (Lipinski definition) is 9. The number of nitrogens with two attached hydrogens (primary N) is 2. The van der Waals surface area contributed by atoms with Gasteiger partial charge in [0.2, 0.25) is 5.60 Å². The molecular formula is C25H31ClF3N5O7S. The van der Waals surface area contributed by atoms with Crippen molar-refractivity contribution in [2.24, 2.45) is 11.6 Å². The zero-order valence-electron chi connectivity index (χ0n) is 23.3. The number of ether oxygens (including phenoxy) is 3. The molecule has 1 aromatic heterocycles. The number of pyridine rings is 1. The van der Waals surface area contributed by atoms with E-state index < -0.39 is 68.9 Å². The van der Waals surface area contributed by atoms with E-state index in [1.165, 1.54) is 19.2 Å². The largest absolute Gasteiger partial charge is 0.493 e. The summed E-state index contributed by atoms with van der Waals surface area (Å²) in [5, 5.41) is 10.7. The molecule has 0 aliphatic carbocycles. The summed E-state index contributed by atoms with van der Waals surface area (Å²) < 4.78 is 74.3. The van der Waals surface area contributed by atoms with Gasteiger partial charge in [-0.2, -0.15) is 13.2 Å². The molecule has 0 fully saturated rings. The summed E-state index contributed by atoms with van der Waals surface area (Å²) in [4.78, 5) is 27.8. The van der Waals surface area contributed by atoms with Gasteiger partial charge in [-0.1, -0.05) is 11.6 Å². The van der Waals surface area contributed by atoms with E-state index >= 15 is 0 Å². The van der Waals surface area contributed by atoms with Crippen LogP contribution in [-0.4, -0.2) is 68.9 Å². The standard InChI is InChI=1S/C25H31ClF3N5O7S/c1-22(2,3)42(38)33-23(4)12-41-19-14(23)9-17(32-20(19)26)24(37,25(27,28)29)11-34(31)21(36)13-6-7-15(16(8-13)39-5)40-10-18(30)35/h6-9,33,37H,10-12,31H2,1-5H3,(H2,30,35). The molecule has 0 saturated carbocycles. The Morgan fingerprint density at radius 3 is 2.45 bits per heavy atom. The highest BCUT2D eigenvalue weighted by Gasteiger charge is 2.58. The molecule has 0 spiro atoms. The first-order valence-electron chi connectivity index (χ1n) is 12.2.